The molecule has 0 spiro atoms. The van der Waals surface area contributed by atoms with Gasteiger partial charge in [-0.1, -0.05) is 18.2 Å². The smallest absolute Gasteiger partial charge is 0.221 e. The number of pyridine rings is 1. The number of amides is 1. The van der Waals surface area contributed by atoms with Crippen LogP contribution in [-0.2, 0) is 11.3 Å². The first kappa shape index (κ1) is 18.8. The predicted octanol–water partition coefficient (Wildman–Crippen LogP) is 2.94. The number of nitrogens with one attached hydrogen (secondary N) is 2. The summed E-state index contributed by atoms with van der Waals surface area (Å²) < 4.78 is 1.88. The number of benzene rings is 1. The summed E-state index contributed by atoms with van der Waals surface area (Å²) in [6.07, 6.45) is 6.05. The maximum Gasteiger partial charge on any atom is 0.221 e. The molecule has 0 unspecified atom stereocenters. The molecule has 0 saturated carbocycles. The van der Waals surface area contributed by atoms with Crippen molar-refractivity contribution in [2.45, 2.75) is 32.9 Å². The molecule has 6 nitrogen and oxygen atoms in total. The minimum Gasteiger partial charge on any atom is -0.354 e. The number of hydrogen-bond donors (Lipinski definition) is 2. The number of carbonyl (C=O) groups excluding carboxylic acids is 1. The van der Waals surface area contributed by atoms with Crippen molar-refractivity contribution in [3.63, 3.8) is 0 Å². The number of hydrogen-bond acceptors (Lipinski definition) is 4. The van der Waals surface area contributed by atoms with E-state index in [-0.39, 0.29) is 11.9 Å². The average molecular weight is 363 g/mol. The molecule has 0 aliphatic heterocycles. The molecule has 140 valence electrons. The molecule has 0 radical (unpaired) electrons. The molecule has 2 heterocycles. The SMILES string of the molecule is CC(C)NC(=O)CCNCc1cn(-c2ccccc2)nc1-c1cccnc1. The van der Waals surface area contributed by atoms with Crippen LogP contribution in [-0.4, -0.2) is 33.3 Å². The largest absolute Gasteiger partial charge is 0.354 e. The molecule has 0 atom stereocenters. The molecule has 1 aromatic carbocycles. The molecule has 3 aromatic rings. The van der Waals surface area contributed by atoms with Crippen LogP contribution >= 0.6 is 0 Å². The van der Waals surface area contributed by atoms with Crippen molar-refractivity contribution >= 4 is 5.91 Å². The van der Waals surface area contributed by atoms with Gasteiger partial charge < -0.3 is 10.6 Å². The van der Waals surface area contributed by atoms with Crippen LogP contribution in [0.4, 0.5) is 0 Å². The fourth-order valence-corrected chi connectivity index (χ4v) is 2.82. The zero-order valence-corrected chi connectivity index (χ0v) is 15.7. The summed E-state index contributed by atoms with van der Waals surface area (Å²) in [4.78, 5) is 16.0. The van der Waals surface area contributed by atoms with Gasteiger partial charge in [-0.3, -0.25) is 9.78 Å². The van der Waals surface area contributed by atoms with Crippen molar-refractivity contribution in [2.24, 2.45) is 0 Å². The van der Waals surface area contributed by atoms with E-state index in [9.17, 15) is 4.79 Å². The van der Waals surface area contributed by atoms with Crippen molar-refractivity contribution < 1.29 is 4.79 Å². The Hall–Kier alpha value is -2.99. The van der Waals surface area contributed by atoms with Gasteiger partial charge in [0.1, 0.15) is 0 Å². The van der Waals surface area contributed by atoms with Crippen molar-refractivity contribution in [3.8, 4) is 16.9 Å². The topological polar surface area (TPSA) is 71.8 Å². The van der Waals surface area contributed by atoms with E-state index in [0.717, 1.165) is 22.5 Å². The average Bonchev–Trinajstić information content (AvgIpc) is 3.10. The monoisotopic (exact) mass is 363 g/mol. The second-order valence-corrected chi connectivity index (χ2v) is 6.67. The number of carbonyl (C=O) groups is 1. The third kappa shape index (κ3) is 5.24. The highest BCUT2D eigenvalue weighted by Gasteiger charge is 2.12. The Morgan fingerprint density at radius 3 is 2.67 bits per heavy atom. The van der Waals surface area contributed by atoms with Gasteiger partial charge in [0.25, 0.3) is 0 Å². The molecule has 0 saturated heterocycles. The van der Waals surface area contributed by atoms with Crippen LogP contribution < -0.4 is 10.6 Å². The lowest BCUT2D eigenvalue weighted by Crippen LogP contribution is -2.32. The van der Waals surface area contributed by atoms with E-state index in [4.69, 9.17) is 5.10 Å². The molecule has 0 aliphatic carbocycles. The third-order valence-corrected chi connectivity index (χ3v) is 4.04. The van der Waals surface area contributed by atoms with Gasteiger partial charge in [0.2, 0.25) is 5.91 Å². The molecule has 3 rings (SSSR count). The lowest BCUT2D eigenvalue weighted by Gasteiger charge is -2.09. The quantitative estimate of drug-likeness (QED) is 0.604. The Bertz CT molecular complexity index is 859. The molecule has 0 bridgehead atoms. The van der Waals surface area contributed by atoms with Crippen molar-refractivity contribution in [1.82, 2.24) is 25.4 Å². The van der Waals surface area contributed by atoms with Gasteiger partial charge in [-0.25, -0.2) is 4.68 Å². The van der Waals surface area contributed by atoms with E-state index in [1.54, 1.807) is 6.20 Å². The van der Waals surface area contributed by atoms with E-state index >= 15 is 0 Å². The van der Waals surface area contributed by atoms with Gasteiger partial charge in [0.15, 0.2) is 0 Å². The van der Waals surface area contributed by atoms with Crippen LogP contribution in [0.3, 0.4) is 0 Å². The molecule has 0 aliphatic rings. The molecule has 0 fully saturated rings. The summed E-state index contributed by atoms with van der Waals surface area (Å²) in [6.45, 7) is 5.17. The Morgan fingerprint density at radius 2 is 1.96 bits per heavy atom. The summed E-state index contributed by atoms with van der Waals surface area (Å²) in [5.74, 6) is 0.0602. The number of nitrogens with zero attached hydrogens (tertiary/aromatic N) is 3. The number of rotatable bonds is 8. The van der Waals surface area contributed by atoms with Crippen LogP contribution in [0.15, 0.2) is 61.1 Å². The van der Waals surface area contributed by atoms with E-state index in [1.807, 2.05) is 73.4 Å². The molecule has 27 heavy (non-hydrogen) atoms. The van der Waals surface area contributed by atoms with Gasteiger partial charge in [-0.05, 0) is 38.1 Å². The van der Waals surface area contributed by atoms with Gasteiger partial charge in [-0.2, -0.15) is 5.10 Å². The van der Waals surface area contributed by atoms with Gasteiger partial charge in [0.05, 0.1) is 11.4 Å². The molecular formula is C21H25N5O. The predicted molar refractivity (Wildman–Crippen MR) is 106 cm³/mol. The van der Waals surface area contributed by atoms with Crippen molar-refractivity contribution in [1.29, 1.82) is 0 Å². The first-order chi connectivity index (χ1) is 13.1. The zero-order valence-electron chi connectivity index (χ0n) is 15.7. The molecule has 1 amide bonds. The van der Waals surface area contributed by atoms with E-state index in [0.29, 0.717) is 19.5 Å². The van der Waals surface area contributed by atoms with E-state index < -0.39 is 0 Å². The van der Waals surface area contributed by atoms with Crippen LogP contribution in [0, 0.1) is 0 Å². The summed E-state index contributed by atoms with van der Waals surface area (Å²) >= 11 is 0. The highest BCUT2D eigenvalue weighted by molar-refractivity contribution is 5.76. The van der Waals surface area contributed by atoms with Gasteiger partial charge >= 0.3 is 0 Å². The van der Waals surface area contributed by atoms with Crippen LogP contribution in [0.25, 0.3) is 16.9 Å². The first-order valence-electron chi connectivity index (χ1n) is 9.18. The van der Waals surface area contributed by atoms with Crippen LogP contribution in [0.1, 0.15) is 25.8 Å². The van der Waals surface area contributed by atoms with Gasteiger partial charge in [0, 0.05) is 55.3 Å². The van der Waals surface area contributed by atoms with Gasteiger partial charge in [-0.15, -0.1) is 0 Å². The highest BCUT2D eigenvalue weighted by atomic mass is 16.1. The van der Waals surface area contributed by atoms with Crippen molar-refractivity contribution in [2.75, 3.05) is 6.54 Å². The number of aromatic nitrogens is 3. The molecule has 2 aromatic heterocycles. The minimum absolute atomic E-state index is 0.0602. The first-order valence-corrected chi connectivity index (χ1v) is 9.18. The third-order valence-electron chi connectivity index (χ3n) is 4.04. The highest BCUT2D eigenvalue weighted by Crippen LogP contribution is 2.22. The molecule has 2 N–H and O–H groups in total. The standard InChI is InChI=1S/C21H25N5O/c1-16(2)24-20(27)10-12-23-14-18-15-26(19-8-4-3-5-9-19)25-21(18)17-7-6-11-22-13-17/h3-9,11,13,15-16,23H,10,12,14H2,1-2H3,(H,24,27). The Labute approximate surface area is 159 Å². The van der Waals surface area contributed by atoms with E-state index in [1.165, 1.54) is 0 Å². The Balaban J connectivity index is 1.73. The lowest BCUT2D eigenvalue weighted by molar-refractivity contribution is -0.121. The lowest BCUT2D eigenvalue weighted by atomic mass is 10.1. The second-order valence-electron chi connectivity index (χ2n) is 6.67. The molecule has 6 heteroatoms. The summed E-state index contributed by atoms with van der Waals surface area (Å²) in [6, 6.07) is 14.1. The number of para-hydroxylation sites is 1. The summed E-state index contributed by atoms with van der Waals surface area (Å²) in [5.41, 5.74) is 3.94. The van der Waals surface area contributed by atoms with Crippen LogP contribution in [0.5, 0.6) is 0 Å². The maximum absolute atomic E-state index is 11.8. The van der Waals surface area contributed by atoms with Crippen molar-refractivity contribution in [3.05, 3.63) is 66.6 Å². The second kappa shape index (κ2) is 9.09. The fraction of sp³-hybridized carbons (Fsp3) is 0.286. The summed E-state index contributed by atoms with van der Waals surface area (Å²) in [5, 5.41) is 11.0. The Morgan fingerprint density at radius 1 is 1.15 bits per heavy atom. The van der Waals surface area contributed by atoms with Crippen LogP contribution in [0.2, 0.25) is 0 Å². The minimum atomic E-state index is 0.0602. The van der Waals surface area contributed by atoms with E-state index in [2.05, 4.69) is 15.6 Å². The molecular weight excluding hydrogens is 338 g/mol. The Kier molecular flexibility index (Phi) is 6.33. The maximum atomic E-state index is 11.8. The fourth-order valence-electron chi connectivity index (χ4n) is 2.82. The zero-order chi connectivity index (χ0) is 19.1. The summed E-state index contributed by atoms with van der Waals surface area (Å²) in [7, 11) is 0. The normalized spacial score (nSPS) is 10.9.